The summed E-state index contributed by atoms with van der Waals surface area (Å²) in [6.07, 6.45) is 1.90. The third kappa shape index (κ3) is 2.42. The van der Waals surface area contributed by atoms with E-state index >= 15 is 0 Å². The fourth-order valence-corrected chi connectivity index (χ4v) is 2.50. The monoisotopic (exact) mass is 271 g/mol. The molecule has 0 unspecified atom stereocenters. The minimum atomic E-state index is 0.696. The number of nitrogens with zero attached hydrogens (tertiary/aromatic N) is 1. The fraction of sp³-hybridized carbons (Fsp3) is 0.133. The van der Waals surface area contributed by atoms with Crippen LogP contribution in [0.25, 0.3) is 10.9 Å². The molecule has 19 heavy (non-hydrogen) atoms. The average molecular weight is 272 g/mol. The van der Waals surface area contributed by atoms with Crippen LogP contribution in [0.5, 0.6) is 0 Å². The number of benzene rings is 1. The molecule has 0 aliphatic rings. The number of halogens is 1. The summed E-state index contributed by atoms with van der Waals surface area (Å²) in [5.74, 6) is 0.835. The summed E-state index contributed by atoms with van der Waals surface area (Å²) < 4.78 is 0. The highest BCUT2D eigenvalue weighted by Gasteiger charge is 2.06. The predicted molar refractivity (Wildman–Crippen MR) is 80.3 cm³/mol. The lowest BCUT2D eigenvalue weighted by molar-refractivity contribution is 1.18. The topological polar surface area (TPSA) is 40.7 Å². The molecule has 0 fully saturated rings. The zero-order valence-electron chi connectivity index (χ0n) is 10.8. The van der Waals surface area contributed by atoms with Gasteiger partial charge in [-0.25, -0.2) is 4.98 Å². The Balaban J connectivity index is 2.07. The van der Waals surface area contributed by atoms with E-state index in [0.717, 1.165) is 28.1 Å². The second-order valence-electron chi connectivity index (χ2n) is 4.69. The van der Waals surface area contributed by atoms with Gasteiger partial charge in [-0.2, -0.15) is 0 Å². The number of anilines is 2. The summed E-state index contributed by atoms with van der Waals surface area (Å²) in [5, 5.41) is 5.14. The lowest BCUT2D eigenvalue weighted by Gasteiger charge is -2.09. The zero-order chi connectivity index (χ0) is 13.4. The molecule has 3 rings (SSSR count). The van der Waals surface area contributed by atoms with Crippen molar-refractivity contribution >= 4 is 34.0 Å². The van der Waals surface area contributed by atoms with Gasteiger partial charge in [0.1, 0.15) is 5.82 Å². The van der Waals surface area contributed by atoms with Crippen LogP contribution in [0.3, 0.4) is 0 Å². The number of aromatic nitrogens is 2. The number of pyridine rings is 1. The quantitative estimate of drug-likeness (QED) is 0.716. The number of H-pyrrole nitrogens is 1. The molecule has 3 aromatic rings. The smallest absolute Gasteiger partial charge is 0.130 e. The second kappa shape index (κ2) is 4.59. The molecule has 96 valence electrons. The fourth-order valence-electron chi connectivity index (χ4n) is 2.28. The Morgan fingerprint density at radius 2 is 2.00 bits per heavy atom. The van der Waals surface area contributed by atoms with Crippen molar-refractivity contribution in [1.82, 2.24) is 9.97 Å². The summed E-state index contributed by atoms with van der Waals surface area (Å²) in [5.41, 5.74) is 4.15. The molecule has 0 radical (unpaired) electrons. The van der Waals surface area contributed by atoms with Crippen molar-refractivity contribution in [2.24, 2.45) is 0 Å². The molecule has 2 heterocycles. The van der Waals surface area contributed by atoms with E-state index in [9.17, 15) is 0 Å². The van der Waals surface area contributed by atoms with Gasteiger partial charge >= 0.3 is 0 Å². The molecule has 0 bridgehead atoms. The predicted octanol–water partition coefficient (Wildman–Crippen LogP) is 4.58. The first-order valence-corrected chi connectivity index (χ1v) is 6.48. The molecule has 3 nitrogen and oxygen atoms in total. The van der Waals surface area contributed by atoms with Crippen LogP contribution in [-0.2, 0) is 0 Å². The summed E-state index contributed by atoms with van der Waals surface area (Å²) in [6.45, 7) is 4.05. The third-order valence-corrected chi connectivity index (χ3v) is 3.21. The molecule has 0 aliphatic carbocycles. The molecule has 1 aromatic carbocycles. The molecule has 0 saturated heterocycles. The Morgan fingerprint density at radius 3 is 2.79 bits per heavy atom. The van der Waals surface area contributed by atoms with E-state index in [1.165, 1.54) is 5.56 Å². The van der Waals surface area contributed by atoms with Gasteiger partial charge in [0, 0.05) is 27.8 Å². The van der Waals surface area contributed by atoms with Crippen LogP contribution in [0.4, 0.5) is 11.5 Å². The van der Waals surface area contributed by atoms with E-state index in [1.807, 2.05) is 37.4 Å². The molecular formula is C15H14ClN3. The van der Waals surface area contributed by atoms with Crippen LogP contribution in [0.15, 0.2) is 36.5 Å². The molecule has 0 atom stereocenters. The van der Waals surface area contributed by atoms with Crippen molar-refractivity contribution in [2.75, 3.05) is 5.32 Å². The summed E-state index contributed by atoms with van der Waals surface area (Å²) in [6, 6.07) is 9.92. The van der Waals surface area contributed by atoms with E-state index in [1.54, 1.807) is 0 Å². The first-order valence-electron chi connectivity index (χ1n) is 6.11. The van der Waals surface area contributed by atoms with E-state index < -0.39 is 0 Å². The van der Waals surface area contributed by atoms with Gasteiger partial charge in [-0.1, -0.05) is 11.6 Å². The highest BCUT2D eigenvalue weighted by atomic mass is 35.5. The Morgan fingerprint density at radius 1 is 1.16 bits per heavy atom. The van der Waals surface area contributed by atoms with Gasteiger partial charge in [-0.15, -0.1) is 0 Å². The van der Waals surface area contributed by atoms with E-state index in [0.29, 0.717) is 5.02 Å². The van der Waals surface area contributed by atoms with Gasteiger partial charge in [0.25, 0.3) is 0 Å². The Labute approximate surface area is 116 Å². The standard InChI is InChI=1S/C15H14ClN3/c1-9-5-10(2)18-15(6-9)19-14-8-11(16)7-13-12(14)3-4-17-13/h3-8,17H,1-2H3,(H,18,19). The van der Waals surface area contributed by atoms with Crippen molar-refractivity contribution < 1.29 is 0 Å². The maximum absolute atomic E-state index is 6.13. The number of aryl methyl sites for hydroxylation is 2. The average Bonchev–Trinajstić information content (AvgIpc) is 2.75. The molecule has 4 heteroatoms. The highest BCUT2D eigenvalue weighted by Crippen LogP contribution is 2.29. The first kappa shape index (κ1) is 12.1. The molecule has 2 N–H and O–H groups in total. The van der Waals surface area contributed by atoms with Gasteiger partial charge < -0.3 is 10.3 Å². The normalized spacial score (nSPS) is 10.9. The molecule has 0 spiro atoms. The van der Waals surface area contributed by atoms with Gasteiger partial charge in [0.2, 0.25) is 0 Å². The van der Waals surface area contributed by atoms with Crippen LogP contribution in [-0.4, -0.2) is 9.97 Å². The number of fused-ring (bicyclic) bond motifs is 1. The van der Waals surface area contributed by atoms with Crippen LogP contribution in [0, 0.1) is 13.8 Å². The summed E-state index contributed by atoms with van der Waals surface area (Å²) in [7, 11) is 0. The van der Waals surface area contributed by atoms with Crippen LogP contribution in [0.1, 0.15) is 11.3 Å². The zero-order valence-corrected chi connectivity index (χ0v) is 11.5. The molecule has 2 aromatic heterocycles. The maximum atomic E-state index is 6.13. The Bertz CT molecular complexity index is 726. The van der Waals surface area contributed by atoms with Crippen molar-refractivity contribution in [3.63, 3.8) is 0 Å². The second-order valence-corrected chi connectivity index (χ2v) is 5.12. The van der Waals surface area contributed by atoms with Crippen LogP contribution in [0.2, 0.25) is 5.02 Å². The first-order chi connectivity index (χ1) is 9.11. The number of rotatable bonds is 2. The van der Waals surface area contributed by atoms with E-state index in [-0.39, 0.29) is 0 Å². The minimum absolute atomic E-state index is 0.696. The third-order valence-electron chi connectivity index (χ3n) is 2.99. The Hall–Kier alpha value is -2.00. The Kier molecular flexibility index (Phi) is 2.91. The SMILES string of the molecule is Cc1cc(C)nc(Nc2cc(Cl)cc3[nH]ccc23)c1. The van der Waals surface area contributed by atoms with Crippen LogP contribution >= 0.6 is 11.6 Å². The van der Waals surface area contributed by atoms with E-state index in [4.69, 9.17) is 11.6 Å². The number of aromatic amines is 1. The maximum Gasteiger partial charge on any atom is 0.130 e. The molecule has 0 aliphatic heterocycles. The van der Waals surface area contributed by atoms with Crippen molar-refractivity contribution in [3.05, 3.63) is 52.8 Å². The number of hydrogen-bond acceptors (Lipinski definition) is 2. The lowest BCUT2D eigenvalue weighted by Crippen LogP contribution is -1.96. The minimum Gasteiger partial charge on any atom is -0.361 e. The van der Waals surface area contributed by atoms with Crippen LogP contribution < -0.4 is 5.32 Å². The molecule has 0 saturated carbocycles. The van der Waals surface area contributed by atoms with Gasteiger partial charge in [-0.3, -0.25) is 0 Å². The molecule has 0 amide bonds. The van der Waals surface area contributed by atoms with Gasteiger partial charge in [0.15, 0.2) is 0 Å². The lowest BCUT2D eigenvalue weighted by atomic mass is 10.2. The number of nitrogens with one attached hydrogen (secondary N) is 2. The largest absolute Gasteiger partial charge is 0.361 e. The summed E-state index contributed by atoms with van der Waals surface area (Å²) >= 11 is 6.13. The summed E-state index contributed by atoms with van der Waals surface area (Å²) in [4.78, 5) is 7.65. The number of hydrogen-bond donors (Lipinski definition) is 2. The van der Waals surface area contributed by atoms with E-state index in [2.05, 4.69) is 28.3 Å². The van der Waals surface area contributed by atoms with Crippen molar-refractivity contribution in [2.45, 2.75) is 13.8 Å². The van der Waals surface area contributed by atoms with Gasteiger partial charge in [-0.05, 0) is 49.7 Å². The van der Waals surface area contributed by atoms with Crippen molar-refractivity contribution in [1.29, 1.82) is 0 Å². The van der Waals surface area contributed by atoms with Crippen molar-refractivity contribution in [3.8, 4) is 0 Å². The van der Waals surface area contributed by atoms with Gasteiger partial charge in [0.05, 0.1) is 5.69 Å². The molecular weight excluding hydrogens is 258 g/mol. The highest BCUT2D eigenvalue weighted by molar-refractivity contribution is 6.31.